The molecule has 1 aliphatic rings. The summed E-state index contributed by atoms with van der Waals surface area (Å²) in [5.74, 6) is -0.957. The van der Waals surface area contributed by atoms with E-state index in [4.69, 9.17) is 0 Å². The Morgan fingerprint density at radius 2 is 2.11 bits per heavy atom. The summed E-state index contributed by atoms with van der Waals surface area (Å²) in [5.41, 5.74) is 3.43. The van der Waals surface area contributed by atoms with Crippen LogP contribution >= 0.6 is 0 Å². The summed E-state index contributed by atoms with van der Waals surface area (Å²) in [6.45, 7) is 5.77. The van der Waals surface area contributed by atoms with E-state index in [-0.39, 0.29) is 0 Å². The normalized spacial score (nSPS) is 20.9. The van der Waals surface area contributed by atoms with E-state index >= 15 is 0 Å². The van der Waals surface area contributed by atoms with E-state index in [0.717, 1.165) is 18.4 Å². The average Bonchev–Trinajstić information content (AvgIpc) is 2.75. The fraction of sp³-hybridized carbons (Fsp3) is 0.438. The molecule has 1 aromatic rings. The van der Waals surface area contributed by atoms with E-state index in [1.54, 1.807) is 6.92 Å². The summed E-state index contributed by atoms with van der Waals surface area (Å²) in [6.07, 6.45) is 4.67. The highest BCUT2D eigenvalue weighted by atomic mass is 16.4. The molecule has 0 N–H and O–H groups in total. The van der Waals surface area contributed by atoms with Gasteiger partial charge in [0.15, 0.2) is 0 Å². The zero-order valence-electron chi connectivity index (χ0n) is 10.8. The van der Waals surface area contributed by atoms with Gasteiger partial charge >= 0.3 is 0 Å². The van der Waals surface area contributed by atoms with Gasteiger partial charge in [0.1, 0.15) is 0 Å². The molecule has 1 saturated carbocycles. The third kappa shape index (κ3) is 2.81. The van der Waals surface area contributed by atoms with Crippen LogP contribution in [-0.2, 0) is 11.2 Å². The number of hydrogen-bond donors (Lipinski definition) is 0. The molecular weight excluding hydrogens is 224 g/mol. The van der Waals surface area contributed by atoms with Crippen LogP contribution in [0.1, 0.15) is 43.2 Å². The lowest BCUT2D eigenvalue weighted by atomic mass is 9.93. The van der Waals surface area contributed by atoms with E-state index in [9.17, 15) is 9.90 Å². The lowest BCUT2D eigenvalue weighted by Gasteiger charge is -2.15. The molecule has 0 aromatic heterocycles. The van der Waals surface area contributed by atoms with Crippen LogP contribution in [0.5, 0.6) is 0 Å². The molecule has 0 bridgehead atoms. The number of carbonyl (C=O) groups is 1. The molecule has 2 atom stereocenters. The first-order valence-electron chi connectivity index (χ1n) is 6.55. The molecule has 2 heteroatoms. The Morgan fingerprint density at radius 1 is 1.44 bits per heavy atom. The Balaban J connectivity index is 2.03. The first kappa shape index (κ1) is 12.9. The molecule has 1 fully saturated rings. The molecule has 1 aromatic carbocycles. The van der Waals surface area contributed by atoms with Crippen LogP contribution in [0.2, 0.25) is 0 Å². The molecule has 1 aliphatic carbocycles. The Labute approximate surface area is 108 Å². The number of aliphatic carboxylic acids is 1. The molecule has 0 heterocycles. The summed E-state index contributed by atoms with van der Waals surface area (Å²) >= 11 is 0. The Morgan fingerprint density at radius 3 is 2.61 bits per heavy atom. The molecule has 2 rings (SSSR count). The van der Waals surface area contributed by atoms with Gasteiger partial charge in [-0.2, -0.15) is 0 Å². The van der Waals surface area contributed by atoms with Crippen molar-refractivity contribution in [1.82, 2.24) is 0 Å². The van der Waals surface area contributed by atoms with E-state index in [1.165, 1.54) is 24.0 Å². The van der Waals surface area contributed by atoms with Crippen molar-refractivity contribution in [3.05, 3.63) is 47.5 Å². The molecule has 18 heavy (non-hydrogen) atoms. The largest absolute Gasteiger partial charge is 0.550 e. The van der Waals surface area contributed by atoms with Gasteiger partial charge in [0, 0.05) is 11.9 Å². The number of carboxylic acids is 1. The van der Waals surface area contributed by atoms with Gasteiger partial charge in [0.05, 0.1) is 0 Å². The maximum atomic E-state index is 10.8. The van der Waals surface area contributed by atoms with Gasteiger partial charge < -0.3 is 9.90 Å². The molecule has 2 nitrogen and oxygen atoms in total. The maximum Gasteiger partial charge on any atom is 0.0486 e. The quantitative estimate of drug-likeness (QED) is 0.762. The second kappa shape index (κ2) is 5.38. The third-order valence-corrected chi connectivity index (χ3v) is 3.94. The third-order valence-electron chi connectivity index (χ3n) is 3.94. The number of carbonyl (C=O) groups excluding carboxylic acids is 1. The van der Waals surface area contributed by atoms with Crippen molar-refractivity contribution in [2.45, 2.75) is 38.5 Å². The zero-order valence-corrected chi connectivity index (χ0v) is 10.8. The Hall–Kier alpha value is -1.57. The monoisotopic (exact) mass is 243 g/mol. The van der Waals surface area contributed by atoms with Crippen molar-refractivity contribution < 1.29 is 9.90 Å². The lowest BCUT2D eigenvalue weighted by molar-refractivity contribution is -0.307. The molecule has 0 spiro atoms. The van der Waals surface area contributed by atoms with Crippen LogP contribution in [0.15, 0.2) is 36.4 Å². The van der Waals surface area contributed by atoms with E-state index < -0.39 is 11.9 Å². The standard InChI is InChI=1S/C16H20O2/c1-11-4-3-5-15(11)10-13-6-8-14(9-7-13)12(2)16(17)18/h6-9,12,15H,1,3-5,10H2,2H3,(H,17,18)/p-1. The fourth-order valence-corrected chi connectivity index (χ4v) is 2.59. The molecule has 0 amide bonds. The van der Waals surface area contributed by atoms with Gasteiger partial charge in [-0.25, -0.2) is 0 Å². The first-order chi connectivity index (χ1) is 8.58. The van der Waals surface area contributed by atoms with E-state index in [1.807, 2.05) is 24.3 Å². The molecular formula is C16H19O2-. The van der Waals surface area contributed by atoms with Crippen molar-refractivity contribution >= 4 is 5.97 Å². The van der Waals surface area contributed by atoms with Crippen molar-refractivity contribution in [3.63, 3.8) is 0 Å². The van der Waals surface area contributed by atoms with Gasteiger partial charge in [-0.05, 0) is 42.7 Å². The number of rotatable bonds is 4. The van der Waals surface area contributed by atoms with Gasteiger partial charge in [-0.1, -0.05) is 43.3 Å². The molecule has 2 unspecified atom stereocenters. The van der Waals surface area contributed by atoms with Crippen LogP contribution in [0.4, 0.5) is 0 Å². The maximum absolute atomic E-state index is 10.8. The zero-order chi connectivity index (χ0) is 13.1. The Kier molecular flexibility index (Phi) is 3.85. The highest BCUT2D eigenvalue weighted by Gasteiger charge is 2.19. The van der Waals surface area contributed by atoms with Crippen molar-refractivity contribution in [1.29, 1.82) is 0 Å². The summed E-state index contributed by atoms with van der Waals surface area (Å²) in [6, 6.07) is 7.85. The summed E-state index contributed by atoms with van der Waals surface area (Å²) in [5, 5.41) is 10.8. The van der Waals surface area contributed by atoms with Crippen molar-refractivity contribution in [2.24, 2.45) is 5.92 Å². The highest BCUT2D eigenvalue weighted by molar-refractivity contribution is 5.73. The molecule has 0 aliphatic heterocycles. The van der Waals surface area contributed by atoms with Crippen molar-refractivity contribution in [2.75, 3.05) is 0 Å². The van der Waals surface area contributed by atoms with Crippen LogP contribution in [0, 0.1) is 5.92 Å². The van der Waals surface area contributed by atoms with Crippen LogP contribution in [-0.4, -0.2) is 5.97 Å². The van der Waals surface area contributed by atoms with E-state index in [2.05, 4.69) is 6.58 Å². The van der Waals surface area contributed by atoms with Gasteiger partial charge in [-0.15, -0.1) is 0 Å². The minimum Gasteiger partial charge on any atom is -0.550 e. The minimum absolute atomic E-state index is 0.541. The predicted molar refractivity (Wildman–Crippen MR) is 70.0 cm³/mol. The lowest BCUT2D eigenvalue weighted by Crippen LogP contribution is -2.27. The molecule has 0 saturated heterocycles. The highest BCUT2D eigenvalue weighted by Crippen LogP contribution is 2.32. The Bertz CT molecular complexity index is 445. The van der Waals surface area contributed by atoms with E-state index in [0.29, 0.717) is 5.92 Å². The predicted octanol–water partition coefficient (Wildman–Crippen LogP) is 2.44. The van der Waals surface area contributed by atoms with Gasteiger partial charge in [0.2, 0.25) is 0 Å². The SMILES string of the molecule is C=C1CCCC1Cc1ccc(C(C)C(=O)[O-])cc1. The summed E-state index contributed by atoms with van der Waals surface area (Å²) in [7, 11) is 0. The van der Waals surface area contributed by atoms with Crippen LogP contribution < -0.4 is 5.11 Å². The number of hydrogen-bond acceptors (Lipinski definition) is 2. The van der Waals surface area contributed by atoms with Gasteiger partial charge in [-0.3, -0.25) is 0 Å². The first-order valence-corrected chi connectivity index (χ1v) is 6.55. The van der Waals surface area contributed by atoms with Gasteiger partial charge in [0.25, 0.3) is 0 Å². The van der Waals surface area contributed by atoms with Crippen LogP contribution in [0.25, 0.3) is 0 Å². The number of benzene rings is 1. The minimum atomic E-state index is -1.02. The topological polar surface area (TPSA) is 40.1 Å². The van der Waals surface area contributed by atoms with Crippen LogP contribution in [0.3, 0.4) is 0 Å². The molecule has 96 valence electrons. The number of carboxylic acid groups (broad SMARTS) is 1. The fourth-order valence-electron chi connectivity index (χ4n) is 2.59. The van der Waals surface area contributed by atoms with Crippen molar-refractivity contribution in [3.8, 4) is 0 Å². The smallest absolute Gasteiger partial charge is 0.0486 e. The summed E-state index contributed by atoms with van der Waals surface area (Å²) < 4.78 is 0. The second-order valence-electron chi connectivity index (χ2n) is 5.23. The average molecular weight is 243 g/mol. The second-order valence-corrected chi connectivity index (χ2v) is 5.23. The summed E-state index contributed by atoms with van der Waals surface area (Å²) in [4.78, 5) is 10.8. The number of allylic oxidation sites excluding steroid dienone is 1. The molecule has 0 radical (unpaired) electrons.